The third-order valence-electron chi connectivity index (χ3n) is 2.75. The summed E-state index contributed by atoms with van der Waals surface area (Å²) in [4.78, 5) is 11.5. The summed E-state index contributed by atoms with van der Waals surface area (Å²) >= 11 is 0. The van der Waals surface area contributed by atoms with Crippen LogP contribution in [0.2, 0.25) is 0 Å². The summed E-state index contributed by atoms with van der Waals surface area (Å²) in [5.41, 5.74) is 0.584. The van der Waals surface area contributed by atoms with E-state index in [1.807, 2.05) is 0 Å². The highest BCUT2D eigenvalue weighted by atomic mass is 19.1. The summed E-state index contributed by atoms with van der Waals surface area (Å²) in [5, 5.41) is 12.5. The molecule has 0 aliphatic carbocycles. The Kier molecular flexibility index (Phi) is 7.07. The highest BCUT2D eigenvalue weighted by Crippen LogP contribution is 2.12. The van der Waals surface area contributed by atoms with E-state index in [0.717, 1.165) is 12.8 Å². The van der Waals surface area contributed by atoms with Crippen LogP contribution < -0.4 is 5.32 Å². The molecular weight excluding hydrogens is 249 g/mol. The summed E-state index contributed by atoms with van der Waals surface area (Å²) < 4.78 is 17.6. The lowest BCUT2D eigenvalue weighted by molar-refractivity contribution is -0.121. The van der Waals surface area contributed by atoms with Gasteiger partial charge < -0.3 is 15.2 Å². The number of aliphatic hydroxyl groups is 1. The zero-order valence-electron chi connectivity index (χ0n) is 11.1. The van der Waals surface area contributed by atoms with Gasteiger partial charge in [0.2, 0.25) is 5.91 Å². The van der Waals surface area contributed by atoms with Gasteiger partial charge in [-0.25, -0.2) is 4.39 Å². The molecule has 0 saturated heterocycles. The van der Waals surface area contributed by atoms with Gasteiger partial charge in [0.15, 0.2) is 0 Å². The third-order valence-corrected chi connectivity index (χ3v) is 2.75. The van der Waals surface area contributed by atoms with Crippen LogP contribution in [0, 0.1) is 5.82 Å². The molecule has 19 heavy (non-hydrogen) atoms. The first-order valence-electron chi connectivity index (χ1n) is 6.32. The van der Waals surface area contributed by atoms with Gasteiger partial charge in [0.1, 0.15) is 5.82 Å². The second-order valence-electron chi connectivity index (χ2n) is 4.32. The van der Waals surface area contributed by atoms with E-state index >= 15 is 0 Å². The zero-order chi connectivity index (χ0) is 14.1. The molecule has 1 rings (SSSR count). The maximum absolute atomic E-state index is 12.7. The summed E-state index contributed by atoms with van der Waals surface area (Å²) in [7, 11) is 1.62. The molecule has 1 amide bonds. The van der Waals surface area contributed by atoms with E-state index in [1.54, 1.807) is 7.11 Å². The summed E-state index contributed by atoms with van der Waals surface area (Å²) in [6.45, 7) is 0.778. The van der Waals surface area contributed by atoms with Crippen molar-refractivity contribution in [2.45, 2.75) is 25.4 Å². The molecule has 2 N–H and O–H groups in total. The number of methoxy groups -OCH3 is 1. The average Bonchev–Trinajstić information content (AvgIpc) is 2.42. The molecule has 4 nitrogen and oxygen atoms in total. The fraction of sp³-hybridized carbons (Fsp3) is 0.500. The molecule has 0 fully saturated rings. The van der Waals surface area contributed by atoms with Gasteiger partial charge >= 0.3 is 0 Å². The Morgan fingerprint density at radius 3 is 2.68 bits per heavy atom. The van der Waals surface area contributed by atoms with Crippen LogP contribution in [-0.2, 0) is 9.53 Å². The molecule has 1 atom stereocenters. The number of ether oxygens (including phenoxy) is 1. The molecule has 0 aromatic heterocycles. The molecule has 0 bridgehead atoms. The van der Waals surface area contributed by atoms with Gasteiger partial charge in [-0.1, -0.05) is 12.1 Å². The molecule has 1 aromatic carbocycles. The molecule has 0 aliphatic rings. The number of nitrogens with one attached hydrogen (secondary N) is 1. The number of halogens is 1. The minimum atomic E-state index is -0.816. The van der Waals surface area contributed by atoms with Crippen molar-refractivity contribution in [3.8, 4) is 0 Å². The van der Waals surface area contributed by atoms with Crippen molar-refractivity contribution in [2.75, 3.05) is 20.3 Å². The first-order valence-corrected chi connectivity index (χ1v) is 6.32. The molecule has 0 aliphatic heterocycles. The van der Waals surface area contributed by atoms with Gasteiger partial charge in [0, 0.05) is 26.7 Å². The zero-order valence-corrected chi connectivity index (χ0v) is 11.1. The van der Waals surface area contributed by atoms with Crippen LogP contribution in [0.4, 0.5) is 4.39 Å². The summed E-state index contributed by atoms with van der Waals surface area (Å²) in [6, 6.07) is 5.58. The maximum Gasteiger partial charge on any atom is 0.220 e. The van der Waals surface area contributed by atoms with Crippen molar-refractivity contribution in [2.24, 2.45) is 0 Å². The average molecular weight is 269 g/mol. The van der Waals surface area contributed by atoms with Crippen LogP contribution in [0.25, 0.3) is 0 Å². The van der Waals surface area contributed by atoms with Crippen LogP contribution in [0.3, 0.4) is 0 Å². The van der Waals surface area contributed by atoms with Crippen LogP contribution >= 0.6 is 0 Å². The first kappa shape index (κ1) is 15.6. The van der Waals surface area contributed by atoms with Crippen LogP contribution in [0.1, 0.15) is 30.9 Å². The third kappa shape index (κ3) is 6.31. The van der Waals surface area contributed by atoms with Crippen LogP contribution in [0.15, 0.2) is 24.3 Å². The van der Waals surface area contributed by atoms with Gasteiger partial charge in [-0.2, -0.15) is 0 Å². The second kappa shape index (κ2) is 8.61. The predicted octanol–water partition coefficient (Wildman–Crippen LogP) is 1.79. The summed E-state index contributed by atoms with van der Waals surface area (Å²) in [5.74, 6) is -0.449. The Labute approximate surface area is 112 Å². The van der Waals surface area contributed by atoms with Gasteiger partial charge in [-0.05, 0) is 30.5 Å². The van der Waals surface area contributed by atoms with Crippen molar-refractivity contribution >= 4 is 5.91 Å². The molecule has 5 heteroatoms. The number of hydrogen-bond acceptors (Lipinski definition) is 3. The Hall–Kier alpha value is -1.46. The van der Waals surface area contributed by atoms with Gasteiger partial charge in [-0.3, -0.25) is 4.79 Å². The molecule has 0 radical (unpaired) electrons. The molecule has 0 heterocycles. The number of amides is 1. The van der Waals surface area contributed by atoms with Crippen LogP contribution in [-0.4, -0.2) is 31.3 Å². The lowest BCUT2D eigenvalue weighted by Gasteiger charge is -2.12. The lowest BCUT2D eigenvalue weighted by atomic mass is 10.1. The normalized spacial score (nSPS) is 12.2. The maximum atomic E-state index is 12.7. The van der Waals surface area contributed by atoms with Crippen molar-refractivity contribution < 1.29 is 19.0 Å². The van der Waals surface area contributed by atoms with E-state index in [-0.39, 0.29) is 18.3 Å². The van der Waals surface area contributed by atoms with E-state index < -0.39 is 6.10 Å². The molecule has 106 valence electrons. The highest BCUT2D eigenvalue weighted by molar-refractivity contribution is 5.75. The highest BCUT2D eigenvalue weighted by Gasteiger charge is 2.09. The number of aliphatic hydroxyl groups excluding tert-OH is 1. The van der Waals surface area contributed by atoms with Gasteiger partial charge in [-0.15, -0.1) is 0 Å². The van der Waals surface area contributed by atoms with Crippen molar-refractivity contribution in [1.82, 2.24) is 5.32 Å². The first-order chi connectivity index (χ1) is 9.13. The van der Waals surface area contributed by atoms with E-state index in [2.05, 4.69) is 5.32 Å². The lowest BCUT2D eigenvalue weighted by Crippen LogP contribution is -2.28. The SMILES string of the molecule is COCCCCC(=O)NCC(O)c1ccc(F)cc1. The van der Waals surface area contributed by atoms with E-state index in [0.29, 0.717) is 18.6 Å². The number of benzene rings is 1. The minimum absolute atomic E-state index is 0.0998. The Morgan fingerprint density at radius 1 is 1.37 bits per heavy atom. The Morgan fingerprint density at radius 2 is 2.05 bits per heavy atom. The molecule has 0 spiro atoms. The number of rotatable bonds is 8. The summed E-state index contributed by atoms with van der Waals surface area (Å²) in [6.07, 6.45) is 1.19. The number of unbranched alkanes of at least 4 members (excludes halogenated alkanes) is 1. The fourth-order valence-electron chi connectivity index (χ4n) is 1.63. The largest absolute Gasteiger partial charge is 0.387 e. The van der Waals surface area contributed by atoms with Crippen molar-refractivity contribution in [3.05, 3.63) is 35.6 Å². The van der Waals surface area contributed by atoms with E-state index in [9.17, 15) is 14.3 Å². The minimum Gasteiger partial charge on any atom is -0.387 e. The number of hydrogen-bond donors (Lipinski definition) is 2. The molecule has 0 saturated carbocycles. The van der Waals surface area contributed by atoms with Gasteiger partial charge in [0.25, 0.3) is 0 Å². The van der Waals surface area contributed by atoms with E-state index in [4.69, 9.17) is 4.74 Å². The predicted molar refractivity (Wildman–Crippen MR) is 70.1 cm³/mol. The standard InChI is InChI=1S/C14H20FNO3/c1-19-9-3-2-4-14(18)16-10-13(17)11-5-7-12(15)8-6-11/h5-8,13,17H,2-4,9-10H2,1H3,(H,16,18). The molecular formula is C14H20FNO3. The fourth-order valence-corrected chi connectivity index (χ4v) is 1.63. The smallest absolute Gasteiger partial charge is 0.220 e. The van der Waals surface area contributed by atoms with Gasteiger partial charge in [0.05, 0.1) is 6.10 Å². The van der Waals surface area contributed by atoms with Crippen molar-refractivity contribution in [1.29, 1.82) is 0 Å². The number of carbonyl (C=O) groups is 1. The number of carbonyl (C=O) groups excluding carboxylic acids is 1. The Bertz CT molecular complexity index is 381. The molecule has 1 aromatic rings. The Balaban J connectivity index is 2.24. The topological polar surface area (TPSA) is 58.6 Å². The monoisotopic (exact) mass is 269 g/mol. The van der Waals surface area contributed by atoms with Crippen molar-refractivity contribution in [3.63, 3.8) is 0 Å². The van der Waals surface area contributed by atoms with E-state index in [1.165, 1.54) is 24.3 Å². The second-order valence-corrected chi connectivity index (χ2v) is 4.32. The van der Waals surface area contributed by atoms with Crippen LogP contribution in [0.5, 0.6) is 0 Å². The molecule has 1 unspecified atom stereocenters. The quantitative estimate of drug-likeness (QED) is 0.707.